The lowest BCUT2D eigenvalue weighted by Gasteiger charge is -2.35. The van der Waals surface area contributed by atoms with Gasteiger partial charge in [-0.1, -0.05) is 24.3 Å². The largest absolute Gasteiger partial charge is 0.397 e. The molecule has 1 fully saturated rings. The highest BCUT2D eigenvalue weighted by Gasteiger charge is 2.36. The lowest BCUT2D eigenvalue weighted by atomic mass is 9.81. The van der Waals surface area contributed by atoms with E-state index in [1.54, 1.807) is 41.6 Å². The molecule has 1 aliphatic rings. The van der Waals surface area contributed by atoms with Gasteiger partial charge in [-0.2, -0.15) is 5.21 Å². The zero-order valence-corrected chi connectivity index (χ0v) is 23.3. The summed E-state index contributed by atoms with van der Waals surface area (Å²) in [5.41, 5.74) is 22.3. The van der Waals surface area contributed by atoms with Crippen molar-refractivity contribution in [3.05, 3.63) is 72.6 Å². The summed E-state index contributed by atoms with van der Waals surface area (Å²) in [5.74, 6) is -0.0249. The lowest BCUT2D eigenvalue weighted by molar-refractivity contribution is -0.127. The molecule has 214 valence electrons. The molecule has 1 aliphatic carbocycles. The van der Waals surface area contributed by atoms with Crippen molar-refractivity contribution in [2.45, 2.75) is 38.1 Å². The Hall–Kier alpha value is -4.35. The van der Waals surface area contributed by atoms with E-state index in [0.717, 1.165) is 47.9 Å². The van der Waals surface area contributed by atoms with Crippen LogP contribution in [0.15, 0.2) is 67.0 Å². The van der Waals surface area contributed by atoms with Crippen molar-refractivity contribution in [3.8, 4) is 22.5 Å². The average molecular weight is 576 g/mol. The molecule has 2 aromatic heterocycles. The van der Waals surface area contributed by atoms with E-state index in [1.807, 2.05) is 30.3 Å². The van der Waals surface area contributed by atoms with E-state index < -0.39 is 11.9 Å². The molecule has 0 bridgehead atoms. The van der Waals surface area contributed by atoms with Crippen LogP contribution in [0, 0.1) is 11.8 Å². The number of nitrogen functional groups attached to an aromatic ring is 1. The number of hydrogen-bond donors (Lipinski definition) is 4. The molecule has 0 spiro atoms. The van der Waals surface area contributed by atoms with Gasteiger partial charge in [0.05, 0.1) is 5.69 Å². The maximum absolute atomic E-state index is 14.0. The lowest BCUT2D eigenvalue weighted by Crippen LogP contribution is -2.52. The highest BCUT2D eigenvalue weighted by atomic mass is 35.5. The molecule has 1 saturated carbocycles. The van der Waals surface area contributed by atoms with Crippen molar-refractivity contribution in [2.75, 3.05) is 17.2 Å². The van der Waals surface area contributed by atoms with Crippen molar-refractivity contribution < 1.29 is 9.59 Å². The minimum Gasteiger partial charge on any atom is -0.397 e. The number of anilines is 2. The van der Waals surface area contributed by atoms with Gasteiger partial charge in [0.2, 0.25) is 17.6 Å². The molecule has 0 radical (unpaired) electrons. The molecule has 0 aliphatic heterocycles. The summed E-state index contributed by atoms with van der Waals surface area (Å²) in [5, 5.41) is 14.1. The van der Waals surface area contributed by atoms with Gasteiger partial charge in [0.25, 0.3) is 0 Å². The number of nitrogens with zero attached hydrogens (tertiary/aromatic N) is 5. The van der Waals surface area contributed by atoms with Gasteiger partial charge in [0.15, 0.2) is 0 Å². The number of tetrazole rings is 1. The SMILES string of the molecule is Cl.NCC1CCC(C(=O)N(c2ccc(-c3nn[nH]n3)cc2)[C@@H](Cc2ccc(-c3cncc(N)c3)cc2)C(N)=O)CC1. The van der Waals surface area contributed by atoms with Crippen molar-refractivity contribution in [2.24, 2.45) is 23.3 Å². The van der Waals surface area contributed by atoms with Crippen molar-refractivity contribution >= 4 is 35.6 Å². The van der Waals surface area contributed by atoms with Gasteiger partial charge in [0.1, 0.15) is 6.04 Å². The molecule has 0 unspecified atom stereocenters. The number of halogens is 1. The number of H-pyrrole nitrogens is 1. The second-order valence-corrected chi connectivity index (χ2v) is 10.3. The van der Waals surface area contributed by atoms with Gasteiger partial charge in [-0.05, 0) is 84.8 Å². The van der Waals surface area contributed by atoms with Gasteiger partial charge in [-0.25, -0.2) is 0 Å². The van der Waals surface area contributed by atoms with E-state index in [4.69, 9.17) is 17.2 Å². The van der Waals surface area contributed by atoms with E-state index in [1.165, 1.54) is 0 Å². The van der Waals surface area contributed by atoms with Crippen LogP contribution in [0.2, 0.25) is 0 Å². The van der Waals surface area contributed by atoms with E-state index in [-0.39, 0.29) is 30.7 Å². The summed E-state index contributed by atoms with van der Waals surface area (Å²) >= 11 is 0. The average Bonchev–Trinajstić information content (AvgIpc) is 3.53. The van der Waals surface area contributed by atoms with Crippen LogP contribution in [0.5, 0.6) is 0 Å². The van der Waals surface area contributed by atoms with Crippen LogP contribution >= 0.6 is 12.4 Å². The number of pyridine rings is 1. The van der Waals surface area contributed by atoms with Crippen LogP contribution in [0.4, 0.5) is 11.4 Å². The molecule has 2 aromatic carbocycles. The van der Waals surface area contributed by atoms with Crippen LogP contribution in [0.3, 0.4) is 0 Å². The first-order chi connectivity index (χ1) is 19.4. The second kappa shape index (κ2) is 13.3. The zero-order valence-electron chi connectivity index (χ0n) is 22.5. The predicted octanol–water partition coefficient (Wildman–Crippen LogP) is 3.13. The molecule has 12 heteroatoms. The van der Waals surface area contributed by atoms with E-state index in [0.29, 0.717) is 29.7 Å². The fraction of sp³-hybridized carbons (Fsp3) is 0.310. The maximum atomic E-state index is 14.0. The summed E-state index contributed by atoms with van der Waals surface area (Å²) in [6, 6.07) is 15.9. The maximum Gasteiger partial charge on any atom is 0.240 e. The molecule has 0 saturated heterocycles. The third kappa shape index (κ3) is 6.87. The molecule has 7 N–H and O–H groups in total. The highest BCUT2D eigenvalue weighted by molar-refractivity contribution is 6.01. The fourth-order valence-corrected chi connectivity index (χ4v) is 5.35. The number of nitrogens with two attached hydrogens (primary N) is 3. The van der Waals surface area contributed by atoms with Gasteiger partial charge < -0.3 is 17.2 Å². The van der Waals surface area contributed by atoms with Gasteiger partial charge in [-0.15, -0.1) is 22.6 Å². The first-order valence-corrected chi connectivity index (χ1v) is 13.4. The number of aromatic nitrogens is 5. The van der Waals surface area contributed by atoms with E-state index in [2.05, 4.69) is 25.6 Å². The van der Waals surface area contributed by atoms with Crippen LogP contribution in [-0.4, -0.2) is 50.0 Å². The minimum absolute atomic E-state index is 0. The van der Waals surface area contributed by atoms with Crippen LogP contribution < -0.4 is 22.1 Å². The van der Waals surface area contributed by atoms with Crippen LogP contribution in [0.1, 0.15) is 31.2 Å². The number of carbonyl (C=O) groups excluding carboxylic acids is 2. The fourth-order valence-electron chi connectivity index (χ4n) is 5.35. The van der Waals surface area contributed by atoms with Crippen LogP contribution in [-0.2, 0) is 16.0 Å². The number of hydrogen-bond acceptors (Lipinski definition) is 8. The molecular weight excluding hydrogens is 542 g/mol. The number of carbonyl (C=O) groups is 2. The number of rotatable bonds is 9. The van der Waals surface area contributed by atoms with Crippen molar-refractivity contribution in [3.63, 3.8) is 0 Å². The Morgan fingerprint density at radius 2 is 1.63 bits per heavy atom. The summed E-state index contributed by atoms with van der Waals surface area (Å²) in [6.45, 7) is 0.619. The molecule has 2 heterocycles. The Balaban J connectivity index is 0.00000387. The minimum atomic E-state index is -0.879. The highest BCUT2D eigenvalue weighted by Crippen LogP contribution is 2.33. The van der Waals surface area contributed by atoms with Gasteiger partial charge in [0, 0.05) is 41.5 Å². The standard InChI is InChI=1S/C29H33N9O2.ClH/c30-15-19-3-7-22(8-4-19)29(40)38(25-11-9-21(10-12-25)28-34-36-37-35-28)26(27(32)39)13-18-1-5-20(6-2-18)23-14-24(31)17-33-16-23;/h1-2,5-6,9-12,14,16-17,19,22,26H,3-4,7-8,13,15,30-31H2,(H2,32,39)(H,34,35,36,37);1H/t19?,22?,26-;/m0./s1. The molecule has 41 heavy (non-hydrogen) atoms. The Bertz CT molecular complexity index is 1440. The number of aromatic amines is 1. The predicted molar refractivity (Wildman–Crippen MR) is 160 cm³/mol. The smallest absolute Gasteiger partial charge is 0.240 e. The van der Waals surface area contributed by atoms with Crippen molar-refractivity contribution in [1.82, 2.24) is 25.6 Å². The normalized spacial score (nSPS) is 17.3. The Morgan fingerprint density at radius 1 is 0.951 bits per heavy atom. The summed E-state index contributed by atoms with van der Waals surface area (Å²) in [4.78, 5) is 32.7. The number of amides is 2. The number of benzene rings is 2. The summed E-state index contributed by atoms with van der Waals surface area (Å²) in [7, 11) is 0. The Kier molecular flexibility index (Phi) is 9.64. The first-order valence-electron chi connectivity index (χ1n) is 13.4. The molecule has 5 rings (SSSR count). The second-order valence-electron chi connectivity index (χ2n) is 10.3. The van der Waals surface area contributed by atoms with E-state index in [9.17, 15) is 9.59 Å². The third-order valence-corrected chi connectivity index (χ3v) is 7.63. The first kappa shape index (κ1) is 29.6. The zero-order chi connectivity index (χ0) is 28.1. The summed E-state index contributed by atoms with van der Waals surface area (Å²) < 4.78 is 0. The van der Waals surface area contributed by atoms with Crippen LogP contribution in [0.25, 0.3) is 22.5 Å². The molecule has 11 nitrogen and oxygen atoms in total. The summed E-state index contributed by atoms with van der Waals surface area (Å²) in [6.07, 6.45) is 6.84. The molecule has 2 amide bonds. The molecular formula is C29H34ClN9O2. The number of nitrogens with one attached hydrogen (secondary N) is 1. The monoisotopic (exact) mass is 575 g/mol. The third-order valence-electron chi connectivity index (χ3n) is 7.63. The van der Waals surface area contributed by atoms with Gasteiger partial charge in [-0.3, -0.25) is 19.5 Å². The topological polar surface area (TPSA) is 183 Å². The van der Waals surface area contributed by atoms with Crippen molar-refractivity contribution in [1.29, 1.82) is 0 Å². The van der Waals surface area contributed by atoms with E-state index >= 15 is 0 Å². The molecule has 4 aromatic rings. The Labute approximate surface area is 244 Å². The quantitative estimate of drug-likeness (QED) is 0.234. The van der Waals surface area contributed by atoms with Gasteiger partial charge >= 0.3 is 0 Å². The molecule has 1 atom stereocenters. The number of primary amides is 1. The Morgan fingerprint density at radius 3 is 2.22 bits per heavy atom.